The molecule has 0 aliphatic rings. The molecule has 0 aliphatic carbocycles. The second-order valence-electron chi connectivity index (χ2n) is 2.13. The summed E-state index contributed by atoms with van der Waals surface area (Å²) in [5.41, 5.74) is 1.72. The highest BCUT2D eigenvalue weighted by atomic mass is 79.9. The van der Waals surface area contributed by atoms with Gasteiger partial charge in [-0.25, -0.2) is 0 Å². The van der Waals surface area contributed by atoms with Crippen LogP contribution in [0.15, 0.2) is 21.1 Å². The van der Waals surface area contributed by atoms with Gasteiger partial charge >= 0.3 is 0 Å². The Morgan fingerprint density at radius 2 is 2.00 bits per heavy atom. The van der Waals surface area contributed by atoms with E-state index in [2.05, 4.69) is 53.9 Å². The van der Waals surface area contributed by atoms with Crippen molar-refractivity contribution in [1.82, 2.24) is 0 Å². The first-order chi connectivity index (χ1) is 5.70. The Hall–Kier alpha value is 0.150. The minimum Gasteiger partial charge on any atom is -0.192 e. The summed E-state index contributed by atoms with van der Waals surface area (Å²) in [6.07, 6.45) is 0. The van der Waals surface area contributed by atoms with Crippen LogP contribution in [-0.2, 0) is 5.33 Å². The van der Waals surface area contributed by atoms with Crippen LogP contribution in [0.2, 0.25) is 0 Å². The zero-order chi connectivity index (χ0) is 9.14. The summed E-state index contributed by atoms with van der Waals surface area (Å²) in [5, 5.41) is 9.44. The van der Waals surface area contributed by atoms with Gasteiger partial charge in [-0.3, -0.25) is 0 Å². The lowest BCUT2D eigenvalue weighted by molar-refractivity contribution is 1.33. The molecule has 12 heavy (non-hydrogen) atoms. The lowest BCUT2D eigenvalue weighted by Gasteiger charge is -2.04. The monoisotopic (exact) mass is 351 g/mol. The molecule has 0 saturated carbocycles. The van der Waals surface area contributed by atoms with Gasteiger partial charge in [-0.1, -0.05) is 31.9 Å². The van der Waals surface area contributed by atoms with Gasteiger partial charge in [0.1, 0.15) is 6.07 Å². The third-order valence-corrected chi connectivity index (χ3v) is 3.65. The normalized spacial score (nSPS) is 9.50. The summed E-state index contributed by atoms with van der Waals surface area (Å²) in [5.74, 6) is 0. The second kappa shape index (κ2) is 4.40. The molecule has 1 nitrogen and oxygen atoms in total. The number of halogens is 3. The van der Waals surface area contributed by atoms with Crippen LogP contribution in [0.4, 0.5) is 0 Å². The van der Waals surface area contributed by atoms with Crippen molar-refractivity contribution >= 4 is 47.8 Å². The zero-order valence-electron chi connectivity index (χ0n) is 5.94. The molecule has 1 aromatic rings. The number of benzene rings is 1. The second-order valence-corrected chi connectivity index (χ2v) is 4.34. The Kier molecular flexibility index (Phi) is 3.76. The molecule has 0 unspecified atom stereocenters. The minimum atomic E-state index is 0.660. The molecule has 1 rings (SSSR count). The molecule has 0 spiro atoms. The minimum absolute atomic E-state index is 0.660. The van der Waals surface area contributed by atoms with Crippen molar-refractivity contribution in [2.24, 2.45) is 0 Å². The number of rotatable bonds is 1. The van der Waals surface area contributed by atoms with Crippen LogP contribution in [0.1, 0.15) is 11.1 Å². The van der Waals surface area contributed by atoms with Gasteiger partial charge in [0.25, 0.3) is 0 Å². The fourth-order valence-electron chi connectivity index (χ4n) is 0.806. The van der Waals surface area contributed by atoms with E-state index in [9.17, 15) is 0 Å². The van der Waals surface area contributed by atoms with Crippen molar-refractivity contribution in [3.05, 3.63) is 32.2 Å². The predicted molar refractivity (Wildman–Crippen MR) is 59.2 cm³/mol. The van der Waals surface area contributed by atoms with Crippen LogP contribution in [0.3, 0.4) is 0 Å². The quantitative estimate of drug-likeness (QED) is 0.701. The summed E-state index contributed by atoms with van der Waals surface area (Å²) in [6.45, 7) is 0. The van der Waals surface area contributed by atoms with E-state index in [-0.39, 0.29) is 0 Å². The van der Waals surface area contributed by atoms with E-state index in [1.165, 1.54) is 0 Å². The fourth-order valence-corrected chi connectivity index (χ4v) is 3.45. The number of nitriles is 1. The standard InChI is InChI=1S/C8H4Br3N/c9-3-6-7(10)2-1-5(4-12)8(6)11/h1-2H,3H2. The highest BCUT2D eigenvalue weighted by Crippen LogP contribution is 2.30. The largest absolute Gasteiger partial charge is 0.192 e. The van der Waals surface area contributed by atoms with Crippen molar-refractivity contribution in [3.8, 4) is 6.07 Å². The van der Waals surface area contributed by atoms with Crippen molar-refractivity contribution in [3.63, 3.8) is 0 Å². The van der Waals surface area contributed by atoms with E-state index in [0.29, 0.717) is 5.56 Å². The summed E-state index contributed by atoms with van der Waals surface area (Å²) < 4.78 is 1.86. The first-order valence-electron chi connectivity index (χ1n) is 3.13. The average molecular weight is 354 g/mol. The van der Waals surface area contributed by atoms with Crippen LogP contribution in [0.25, 0.3) is 0 Å². The first-order valence-corrected chi connectivity index (χ1v) is 5.84. The lowest BCUT2D eigenvalue weighted by atomic mass is 10.2. The highest BCUT2D eigenvalue weighted by Gasteiger charge is 2.07. The molecular formula is C8H4Br3N. The van der Waals surface area contributed by atoms with Gasteiger partial charge in [-0.15, -0.1) is 0 Å². The summed E-state index contributed by atoms with van der Waals surface area (Å²) in [4.78, 5) is 0. The Morgan fingerprint density at radius 3 is 2.50 bits per heavy atom. The van der Waals surface area contributed by atoms with Crippen LogP contribution in [0.5, 0.6) is 0 Å². The number of nitrogens with zero attached hydrogens (tertiary/aromatic N) is 1. The smallest absolute Gasteiger partial charge is 0.100 e. The first kappa shape index (κ1) is 10.2. The van der Waals surface area contributed by atoms with Crippen molar-refractivity contribution in [1.29, 1.82) is 5.26 Å². The van der Waals surface area contributed by atoms with Gasteiger partial charge < -0.3 is 0 Å². The molecule has 0 N–H and O–H groups in total. The lowest BCUT2D eigenvalue weighted by Crippen LogP contribution is -1.86. The molecule has 4 heteroatoms. The van der Waals surface area contributed by atoms with E-state index in [0.717, 1.165) is 19.8 Å². The maximum atomic E-state index is 8.72. The molecule has 1 aromatic carbocycles. The molecule has 0 bridgehead atoms. The average Bonchev–Trinajstić information content (AvgIpc) is 2.06. The van der Waals surface area contributed by atoms with Crippen LogP contribution < -0.4 is 0 Å². The molecule has 0 heterocycles. The molecule has 62 valence electrons. The van der Waals surface area contributed by atoms with Crippen LogP contribution in [0, 0.1) is 11.3 Å². The molecule has 0 amide bonds. The number of alkyl halides is 1. The topological polar surface area (TPSA) is 23.8 Å². The maximum Gasteiger partial charge on any atom is 0.100 e. The van der Waals surface area contributed by atoms with Crippen molar-refractivity contribution in [2.75, 3.05) is 0 Å². The van der Waals surface area contributed by atoms with Crippen LogP contribution >= 0.6 is 47.8 Å². The summed E-state index contributed by atoms with van der Waals surface area (Å²) >= 11 is 10.1. The SMILES string of the molecule is N#Cc1ccc(Br)c(CBr)c1Br. The third kappa shape index (κ3) is 1.90. The van der Waals surface area contributed by atoms with E-state index in [1.54, 1.807) is 6.07 Å². The summed E-state index contributed by atoms with van der Waals surface area (Å²) in [6, 6.07) is 5.76. The highest BCUT2D eigenvalue weighted by molar-refractivity contribution is 9.11. The summed E-state index contributed by atoms with van der Waals surface area (Å²) in [7, 11) is 0. The number of hydrogen-bond acceptors (Lipinski definition) is 1. The van der Waals surface area contributed by atoms with Gasteiger partial charge in [-0.05, 0) is 33.6 Å². The molecule has 0 aromatic heterocycles. The van der Waals surface area contributed by atoms with Gasteiger partial charge in [0.2, 0.25) is 0 Å². The molecule has 0 fully saturated rings. The Morgan fingerprint density at radius 1 is 1.33 bits per heavy atom. The molecule has 0 radical (unpaired) electrons. The molecule has 0 saturated heterocycles. The van der Waals surface area contributed by atoms with Gasteiger partial charge in [0, 0.05) is 14.3 Å². The molecular weight excluding hydrogens is 350 g/mol. The molecule has 0 aliphatic heterocycles. The fraction of sp³-hybridized carbons (Fsp3) is 0.125. The van der Waals surface area contributed by atoms with E-state index in [1.807, 2.05) is 6.07 Å². The maximum absolute atomic E-state index is 8.72. The van der Waals surface area contributed by atoms with Crippen molar-refractivity contribution < 1.29 is 0 Å². The predicted octanol–water partition coefficient (Wildman–Crippen LogP) is 3.98. The van der Waals surface area contributed by atoms with Gasteiger partial charge in [0.05, 0.1) is 5.56 Å². The number of hydrogen-bond donors (Lipinski definition) is 0. The van der Waals surface area contributed by atoms with E-state index >= 15 is 0 Å². The van der Waals surface area contributed by atoms with E-state index in [4.69, 9.17) is 5.26 Å². The van der Waals surface area contributed by atoms with Crippen LogP contribution in [-0.4, -0.2) is 0 Å². The van der Waals surface area contributed by atoms with E-state index < -0.39 is 0 Å². The van der Waals surface area contributed by atoms with Crippen molar-refractivity contribution in [2.45, 2.75) is 5.33 Å². The zero-order valence-corrected chi connectivity index (χ0v) is 10.7. The Labute approximate surface area is 96.2 Å². The Bertz CT molecular complexity index is 341. The third-order valence-electron chi connectivity index (χ3n) is 1.44. The van der Waals surface area contributed by atoms with Gasteiger partial charge in [-0.2, -0.15) is 5.26 Å². The Balaban J connectivity index is 3.36. The molecule has 0 atom stereocenters. The van der Waals surface area contributed by atoms with Gasteiger partial charge in [0.15, 0.2) is 0 Å².